The molecule has 0 aromatic heterocycles. The van der Waals surface area contributed by atoms with Crippen molar-refractivity contribution < 1.29 is 4.74 Å². The number of nitrogens with one attached hydrogen (secondary N) is 1. The van der Waals surface area contributed by atoms with E-state index < -0.39 is 0 Å². The van der Waals surface area contributed by atoms with E-state index in [1.54, 1.807) is 0 Å². The maximum absolute atomic E-state index is 6.18. The average Bonchev–Trinajstić information content (AvgIpc) is 2.55. The lowest BCUT2D eigenvalue weighted by atomic mass is 9.77. The van der Waals surface area contributed by atoms with Crippen LogP contribution < -0.4 is 5.32 Å². The van der Waals surface area contributed by atoms with Crippen LogP contribution in [0.3, 0.4) is 0 Å². The first kappa shape index (κ1) is 13.2. The number of anilines is 1. The van der Waals surface area contributed by atoms with Crippen LogP contribution in [0.1, 0.15) is 36.1 Å². The molecule has 2 heterocycles. The first-order chi connectivity index (χ1) is 10.3. The Kier molecular flexibility index (Phi) is 3.36. The molecule has 0 unspecified atom stereocenters. The van der Waals surface area contributed by atoms with Crippen molar-refractivity contribution in [3.05, 3.63) is 64.7 Å². The van der Waals surface area contributed by atoms with Crippen molar-refractivity contribution >= 4 is 17.3 Å². The Bertz CT molecular complexity index is 643. The third kappa shape index (κ3) is 2.33. The highest BCUT2D eigenvalue weighted by Gasteiger charge is 2.39. The summed E-state index contributed by atoms with van der Waals surface area (Å²) in [5, 5.41) is 4.48. The predicted octanol–water partition coefficient (Wildman–Crippen LogP) is 4.97. The summed E-state index contributed by atoms with van der Waals surface area (Å²) >= 11 is 6.18. The van der Waals surface area contributed by atoms with Crippen LogP contribution in [-0.2, 0) is 4.74 Å². The van der Waals surface area contributed by atoms with Gasteiger partial charge in [-0.05, 0) is 36.6 Å². The number of hydrogen-bond donors (Lipinski definition) is 1. The molecule has 108 valence electrons. The summed E-state index contributed by atoms with van der Waals surface area (Å²) in [6, 6.07) is 17.0. The van der Waals surface area contributed by atoms with Gasteiger partial charge in [0.1, 0.15) is 0 Å². The Balaban J connectivity index is 1.79. The minimum absolute atomic E-state index is 0.152. The molecule has 4 rings (SSSR count). The Labute approximate surface area is 130 Å². The molecule has 1 N–H and O–H groups in total. The Hall–Kier alpha value is -1.51. The Morgan fingerprint density at radius 1 is 1.10 bits per heavy atom. The molecule has 2 aliphatic rings. The zero-order valence-electron chi connectivity index (χ0n) is 11.8. The minimum Gasteiger partial charge on any atom is -0.378 e. The lowest BCUT2D eigenvalue weighted by Gasteiger charge is -2.43. The van der Waals surface area contributed by atoms with Crippen LogP contribution in [0.15, 0.2) is 48.5 Å². The van der Waals surface area contributed by atoms with Crippen LogP contribution in [0.25, 0.3) is 0 Å². The van der Waals surface area contributed by atoms with Gasteiger partial charge in [-0.15, -0.1) is 0 Å². The second-order valence-corrected chi connectivity index (χ2v) is 6.30. The van der Waals surface area contributed by atoms with Gasteiger partial charge in [0, 0.05) is 28.8 Å². The zero-order chi connectivity index (χ0) is 14.2. The van der Waals surface area contributed by atoms with Crippen molar-refractivity contribution in [2.75, 3.05) is 11.9 Å². The second kappa shape index (κ2) is 5.36. The molecule has 1 fully saturated rings. The highest BCUT2D eigenvalue weighted by atomic mass is 35.5. The maximum atomic E-state index is 6.18. The molecule has 0 spiro atoms. The lowest BCUT2D eigenvalue weighted by molar-refractivity contribution is -0.0381. The molecule has 0 saturated carbocycles. The molecule has 2 aliphatic heterocycles. The third-order valence-corrected chi connectivity index (χ3v) is 4.82. The first-order valence-electron chi connectivity index (χ1n) is 7.55. The van der Waals surface area contributed by atoms with Gasteiger partial charge in [0.15, 0.2) is 0 Å². The molecule has 3 heteroatoms. The summed E-state index contributed by atoms with van der Waals surface area (Å²) < 4.78 is 6.12. The largest absolute Gasteiger partial charge is 0.378 e. The molecule has 0 aliphatic carbocycles. The van der Waals surface area contributed by atoms with E-state index in [9.17, 15) is 0 Å². The van der Waals surface area contributed by atoms with E-state index in [1.807, 2.05) is 12.1 Å². The third-order valence-electron chi connectivity index (χ3n) is 4.59. The average molecular weight is 300 g/mol. The highest BCUT2D eigenvalue weighted by Crippen LogP contribution is 2.49. The van der Waals surface area contributed by atoms with E-state index in [0.717, 1.165) is 23.7 Å². The molecule has 0 bridgehead atoms. The van der Waals surface area contributed by atoms with Gasteiger partial charge >= 0.3 is 0 Å². The quantitative estimate of drug-likeness (QED) is 0.802. The number of benzene rings is 2. The molecule has 21 heavy (non-hydrogen) atoms. The Morgan fingerprint density at radius 3 is 2.81 bits per heavy atom. The summed E-state index contributed by atoms with van der Waals surface area (Å²) in [6.07, 6.45) is 2.46. The first-order valence-corrected chi connectivity index (χ1v) is 7.93. The fourth-order valence-corrected chi connectivity index (χ4v) is 3.81. The fourth-order valence-electron chi connectivity index (χ4n) is 3.63. The summed E-state index contributed by atoms with van der Waals surface area (Å²) in [4.78, 5) is 0. The van der Waals surface area contributed by atoms with E-state index in [0.29, 0.717) is 12.0 Å². The predicted molar refractivity (Wildman–Crippen MR) is 85.7 cm³/mol. The van der Waals surface area contributed by atoms with Crippen molar-refractivity contribution in [1.29, 1.82) is 0 Å². The van der Waals surface area contributed by atoms with E-state index >= 15 is 0 Å². The lowest BCUT2D eigenvalue weighted by Crippen LogP contribution is -2.35. The monoisotopic (exact) mass is 299 g/mol. The van der Waals surface area contributed by atoms with Crippen LogP contribution in [0.4, 0.5) is 5.69 Å². The molecule has 2 aromatic rings. The summed E-state index contributed by atoms with van der Waals surface area (Å²) in [5.41, 5.74) is 3.69. The van der Waals surface area contributed by atoms with Gasteiger partial charge in [-0.3, -0.25) is 0 Å². The maximum Gasteiger partial charge on any atom is 0.0896 e. The van der Waals surface area contributed by atoms with Gasteiger partial charge in [0.05, 0.1) is 12.1 Å². The van der Waals surface area contributed by atoms with Crippen LogP contribution >= 0.6 is 11.6 Å². The van der Waals surface area contributed by atoms with Gasteiger partial charge in [0.25, 0.3) is 0 Å². The van der Waals surface area contributed by atoms with Crippen LogP contribution in [0, 0.1) is 5.92 Å². The SMILES string of the molecule is Clc1ccc2c(c1)[C@@H]1OCCC[C@@H]1[C@@H](c1ccccc1)N2. The molecular weight excluding hydrogens is 282 g/mol. The number of halogens is 1. The molecular formula is C18H18ClNO. The number of fused-ring (bicyclic) bond motifs is 3. The topological polar surface area (TPSA) is 21.3 Å². The Morgan fingerprint density at radius 2 is 1.95 bits per heavy atom. The van der Waals surface area contributed by atoms with Crippen molar-refractivity contribution in [2.45, 2.75) is 25.0 Å². The van der Waals surface area contributed by atoms with Crippen molar-refractivity contribution in [1.82, 2.24) is 0 Å². The van der Waals surface area contributed by atoms with Gasteiger partial charge in [0.2, 0.25) is 0 Å². The van der Waals surface area contributed by atoms with E-state index in [2.05, 4.69) is 41.7 Å². The molecule has 0 radical (unpaired) electrons. The highest BCUT2D eigenvalue weighted by molar-refractivity contribution is 6.30. The minimum atomic E-state index is 0.152. The van der Waals surface area contributed by atoms with Gasteiger partial charge in [-0.25, -0.2) is 0 Å². The van der Waals surface area contributed by atoms with E-state index in [-0.39, 0.29) is 6.10 Å². The standard InChI is InChI=1S/C18H18ClNO/c19-13-8-9-16-15(11-13)18-14(7-4-10-21-18)17(20-16)12-5-2-1-3-6-12/h1-3,5-6,8-9,11,14,17-18,20H,4,7,10H2/t14-,17-,18-/m1/s1. The van der Waals surface area contributed by atoms with Crippen LogP contribution in [-0.4, -0.2) is 6.61 Å². The zero-order valence-corrected chi connectivity index (χ0v) is 12.5. The number of rotatable bonds is 1. The van der Waals surface area contributed by atoms with Crippen molar-refractivity contribution in [3.63, 3.8) is 0 Å². The van der Waals surface area contributed by atoms with Gasteiger partial charge < -0.3 is 10.1 Å². The number of ether oxygens (including phenoxy) is 1. The van der Waals surface area contributed by atoms with Crippen molar-refractivity contribution in [3.8, 4) is 0 Å². The van der Waals surface area contributed by atoms with Gasteiger partial charge in [-0.2, -0.15) is 0 Å². The van der Waals surface area contributed by atoms with Gasteiger partial charge in [-0.1, -0.05) is 41.9 Å². The smallest absolute Gasteiger partial charge is 0.0896 e. The second-order valence-electron chi connectivity index (χ2n) is 5.86. The normalized spacial score (nSPS) is 27.4. The molecule has 1 saturated heterocycles. The summed E-state index contributed by atoms with van der Waals surface area (Å²) in [7, 11) is 0. The fraction of sp³-hybridized carbons (Fsp3) is 0.333. The summed E-state index contributed by atoms with van der Waals surface area (Å²) in [5.74, 6) is 0.465. The molecule has 2 aromatic carbocycles. The summed E-state index contributed by atoms with van der Waals surface area (Å²) in [6.45, 7) is 0.842. The molecule has 0 amide bonds. The van der Waals surface area contributed by atoms with Crippen LogP contribution in [0.2, 0.25) is 5.02 Å². The molecule has 3 atom stereocenters. The van der Waals surface area contributed by atoms with Crippen molar-refractivity contribution in [2.24, 2.45) is 5.92 Å². The van der Waals surface area contributed by atoms with Crippen LogP contribution in [0.5, 0.6) is 0 Å². The van der Waals surface area contributed by atoms with E-state index in [4.69, 9.17) is 16.3 Å². The number of hydrogen-bond acceptors (Lipinski definition) is 2. The van der Waals surface area contributed by atoms with E-state index in [1.165, 1.54) is 17.5 Å². The molecule has 2 nitrogen and oxygen atoms in total.